The first kappa shape index (κ1) is 17.5. The van der Waals surface area contributed by atoms with Crippen molar-refractivity contribution in [1.29, 1.82) is 0 Å². The van der Waals surface area contributed by atoms with Gasteiger partial charge in [-0.25, -0.2) is 9.59 Å². The maximum atomic E-state index is 12.5. The summed E-state index contributed by atoms with van der Waals surface area (Å²) in [6.07, 6.45) is 2.12. The maximum Gasteiger partial charge on any atom is 0.348 e. The number of pyridine rings is 1. The van der Waals surface area contributed by atoms with E-state index in [1.807, 2.05) is 0 Å². The van der Waals surface area contributed by atoms with Crippen LogP contribution in [0, 0.1) is 6.92 Å². The summed E-state index contributed by atoms with van der Waals surface area (Å²) in [5.74, 6) is -0.535. The number of aryl methyl sites for hydroxylation is 1. The monoisotopic (exact) mass is 349 g/mol. The van der Waals surface area contributed by atoms with Gasteiger partial charge in [0.15, 0.2) is 0 Å². The minimum absolute atomic E-state index is 0.0557. The van der Waals surface area contributed by atoms with Gasteiger partial charge >= 0.3 is 12.0 Å². The molecule has 2 fully saturated rings. The molecule has 3 heterocycles. The highest BCUT2D eigenvalue weighted by molar-refractivity contribution is 5.79. The fourth-order valence-corrected chi connectivity index (χ4v) is 3.16. The number of morpholine rings is 1. The molecule has 8 heteroatoms. The third-order valence-corrected chi connectivity index (χ3v) is 4.78. The van der Waals surface area contributed by atoms with Crippen LogP contribution >= 0.6 is 0 Å². The van der Waals surface area contributed by atoms with Crippen LogP contribution in [0.3, 0.4) is 0 Å². The van der Waals surface area contributed by atoms with Crippen LogP contribution in [-0.4, -0.2) is 76.9 Å². The minimum atomic E-state index is -1.32. The molecule has 1 aromatic rings. The molecule has 2 aliphatic heterocycles. The van der Waals surface area contributed by atoms with E-state index < -0.39 is 11.6 Å². The molecular weight excluding hydrogens is 326 g/mol. The number of piperidine rings is 1. The summed E-state index contributed by atoms with van der Waals surface area (Å²) in [5.41, 5.74) is -0.676. The second-order valence-electron chi connectivity index (χ2n) is 6.36. The lowest BCUT2D eigenvalue weighted by Gasteiger charge is -2.41. The van der Waals surface area contributed by atoms with E-state index in [9.17, 15) is 14.7 Å². The largest absolute Gasteiger partial charge is 0.478 e. The van der Waals surface area contributed by atoms with E-state index in [1.54, 1.807) is 35.1 Å². The van der Waals surface area contributed by atoms with Gasteiger partial charge in [-0.2, -0.15) is 0 Å². The van der Waals surface area contributed by atoms with E-state index in [1.165, 1.54) is 0 Å². The Bertz CT molecular complexity index is 637. The molecule has 2 aliphatic rings. The number of aliphatic carboxylic acids is 1. The number of carbonyl (C=O) groups is 2. The van der Waals surface area contributed by atoms with Crippen molar-refractivity contribution < 1.29 is 24.2 Å². The Hall–Kier alpha value is -2.35. The molecule has 0 atom stereocenters. The third-order valence-electron chi connectivity index (χ3n) is 4.78. The molecule has 1 aromatic heterocycles. The van der Waals surface area contributed by atoms with Crippen molar-refractivity contribution in [3.63, 3.8) is 0 Å². The van der Waals surface area contributed by atoms with E-state index in [4.69, 9.17) is 9.47 Å². The van der Waals surface area contributed by atoms with E-state index in [2.05, 4.69) is 4.98 Å². The lowest BCUT2D eigenvalue weighted by atomic mass is 9.91. The van der Waals surface area contributed by atoms with Gasteiger partial charge in [-0.1, -0.05) is 0 Å². The number of carbonyl (C=O) groups excluding carboxylic acids is 1. The van der Waals surface area contributed by atoms with E-state index in [0.29, 0.717) is 50.8 Å². The zero-order chi connectivity index (χ0) is 17.9. The molecule has 0 bridgehead atoms. The van der Waals surface area contributed by atoms with Gasteiger partial charge in [0.25, 0.3) is 0 Å². The fourth-order valence-electron chi connectivity index (χ4n) is 3.16. The van der Waals surface area contributed by atoms with Gasteiger partial charge < -0.3 is 24.4 Å². The summed E-state index contributed by atoms with van der Waals surface area (Å²) in [7, 11) is 0. The molecule has 0 radical (unpaired) electrons. The van der Waals surface area contributed by atoms with E-state index in [-0.39, 0.29) is 18.9 Å². The van der Waals surface area contributed by atoms with Crippen molar-refractivity contribution in [2.45, 2.75) is 25.4 Å². The highest BCUT2D eigenvalue weighted by Crippen LogP contribution is 2.31. The van der Waals surface area contributed by atoms with Crippen LogP contribution < -0.4 is 4.74 Å². The van der Waals surface area contributed by atoms with E-state index >= 15 is 0 Å². The molecule has 2 saturated heterocycles. The second kappa shape index (κ2) is 7.26. The molecule has 8 nitrogen and oxygen atoms in total. The predicted molar refractivity (Wildman–Crippen MR) is 88.6 cm³/mol. The van der Waals surface area contributed by atoms with E-state index in [0.717, 1.165) is 0 Å². The van der Waals surface area contributed by atoms with Crippen LogP contribution in [0.5, 0.6) is 5.75 Å². The zero-order valence-corrected chi connectivity index (χ0v) is 14.3. The number of aromatic nitrogens is 1. The quantitative estimate of drug-likeness (QED) is 0.880. The molecule has 0 spiro atoms. The molecule has 0 aromatic carbocycles. The van der Waals surface area contributed by atoms with Gasteiger partial charge in [0.2, 0.25) is 5.60 Å². The normalized spacial score (nSPS) is 20.2. The molecule has 0 unspecified atom stereocenters. The number of rotatable bonds is 3. The van der Waals surface area contributed by atoms with Crippen molar-refractivity contribution in [2.24, 2.45) is 0 Å². The van der Waals surface area contributed by atoms with Crippen LogP contribution in [0.2, 0.25) is 0 Å². The van der Waals surface area contributed by atoms with Crippen LogP contribution in [0.15, 0.2) is 18.3 Å². The van der Waals surface area contributed by atoms with Gasteiger partial charge in [-0.3, -0.25) is 4.98 Å². The summed E-state index contributed by atoms with van der Waals surface area (Å²) in [6, 6.07) is 3.38. The highest BCUT2D eigenvalue weighted by Gasteiger charge is 2.45. The van der Waals surface area contributed by atoms with Gasteiger partial charge in [0, 0.05) is 45.2 Å². The van der Waals surface area contributed by atoms with Gasteiger partial charge in [0.1, 0.15) is 5.75 Å². The lowest BCUT2D eigenvalue weighted by Crippen LogP contribution is -2.57. The Balaban J connectivity index is 1.67. The average Bonchev–Trinajstić information content (AvgIpc) is 2.64. The Morgan fingerprint density at radius 3 is 2.44 bits per heavy atom. The topological polar surface area (TPSA) is 92.2 Å². The average molecular weight is 349 g/mol. The molecule has 2 amide bonds. The number of nitrogens with zero attached hydrogens (tertiary/aromatic N) is 3. The number of hydrogen-bond donors (Lipinski definition) is 1. The summed E-state index contributed by atoms with van der Waals surface area (Å²) in [6.45, 7) is 4.71. The standard InChI is InChI=1S/C17H23N3O5/c1-13-14(3-2-6-18-13)25-17(15(21)22)4-7-19(8-5-17)16(23)20-9-11-24-12-10-20/h2-3,6H,4-5,7-12H2,1H3,(H,21,22). The second-order valence-corrected chi connectivity index (χ2v) is 6.36. The number of carboxylic acid groups (broad SMARTS) is 1. The van der Waals surface area contributed by atoms with Crippen molar-refractivity contribution in [3.8, 4) is 5.75 Å². The van der Waals surface area contributed by atoms with Crippen LogP contribution in [0.1, 0.15) is 18.5 Å². The highest BCUT2D eigenvalue weighted by atomic mass is 16.5. The van der Waals surface area contributed by atoms with Gasteiger partial charge in [-0.15, -0.1) is 0 Å². The molecule has 0 aliphatic carbocycles. The van der Waals surface area contributed by atoms with Crippen molar-refractivity contribution in [2.75, 3.05) is 39.4 Å². The van der Waals surface area contributed by atoms with Crippen molar-refractivity contribution in [3.05, 3.63) is 24.0 Å². The molecule has 136 valence electrons. The van der Waals surface area contributed by atoms with Crippen LogP contribution in [0.25, 0.3) is 0 Å². The first-order chi connectivity index (χ1) is 12.0. The van der Waals surface area contributed by atoms with Gasteiger partial charge in [0.05, 0.1) is 18.9 Å². The molecule has 1 N–H and O–H groups in total. The molecule has 3 rings (SSSR count). The minimum Gasteiger partial charge on any atom is -0.478 e. The van der Waals surface area contributed by atoms with Crippen molar-refractivity contribution >= 4 is 12.0 Å². The lowest BCUT2D eigenvalue weighted by molar-refractivity contribution is -0.159. The van der Waals surface area contributed by atoms with Gasteiger partial charge in [-0.05, 0) is 19.1 Å². The molecular formula is C17H23N3O5. The maximum absolute atomic E-state index is 12.5. The smallest absolute Gasteiger partial charge is 0.348 e. The zero-order valence-electron chi connectivity index (χ0n) is 14.3. The molecule has 25 heavy (non-hydrogen) atoms. The Kier molecular flexibility index (Phi) is 5.08. The first-order valence-electron chi connectivity index (χ1n) is 8.47. The number of ether oxygens (including phenoxy) is 2. The number of amides is 2. The number of urea groups is 1. The van der Waals surface area contributed by atoms with Crippen LogP contribution in [-0.2, 0) is 9.53 Å². The van der Waals surface area contributed by atoms with Crippen molar-refractivity contribution in [1.82, 2.24) is 14.8 Å². The Morgan fingerprint density at radius 2 is 1.84 bits per heavy atom. The fraction of sp³-hybridized carbons (Fsp3) is 0.588. The molecule has 0 saturated carbocycles. The SMILES string of the molecule is Cc1ncccc1OC1(C(=O)O)CCN(C(=O)N2CCOCC2)CC1. The van der Waals surface area contributed by atoms with Crippen LogP contribution in [0.4, 0.5) is 4.79 Å². The predicted octanol–water partition coefficient (Wildman–Crippen LogP) is 1.14. The first-order valence-corrected chi connectivity index (χ1v) is 8.47. The number of carboxylic acids is 1. The Morgan fingerprint density at radius 1 is 1.20 bits per heavy atom. The summed E-state index contributed by atoms with van der Waals surface area (Å²) < 4.78 is 11.1. The summed E-state index contributed by atoms with van der Waals surface area (Å²) in [5, 5.41) is 9.74. The number of hydrogen-bond acceptors (Lipinski definition) is 5. The third kappa shape index (κ3) is 3.68. The Labute approximate surface area is 146 Å². The summed E-state index contributed by atoms with van der Waals surface area (Å²) in [4.78, 5) is 32.0. The summed E-state index contributed by atoms with van der Waals surface area (Å²) >= 11 is 0. The number of likely N-dealkylation sites (tertiary alicyclic amines) is 1.